The first-order valence-electron chi connectivity index (χ1n) is 4.44. The van der Waals surface area contributed by atoms with Crippen LogP contribution in [-0.2, 0) is 5.88 Å². The molecule has 2 rings (SSSR count). The average Bonchev–Trinajstić information content (AvgIpc) is 2.76. The number of rotatable bonds is 3. The number of non-ortho nitro benzene ring substituents is 1. The molecule has 0 saturated carbocycles. The summed E-state index contributed by atoms with van der Waals surface area (Å²) >= 11 is 10.2. The fourth-order valence-electron chi connectivity index (χ4n) is 1.23. The number of nitro groups is 1. The maximum Gasteiger partial charge on any atom is 0.271 e. The first-order chi connectivity index (χ1) is 8.10. The molecule has 17 heavy (non-hydrogen) atoms. The summed E-state index contributed by atoms with van der Waals surface area (Å²) in [4.78, 5) is 10.3. The number of aromatic nitrogens is 2. The molecule has 5 nitrogen and oxygen atoms in total. The van der Waals surface area contributed by atoms with Gasteiger partial charge in [-0.25, -0.2) is 0 Å². The van der Waals surface area contributed by atoms with Crippen molar-refractivity contribution in [1.82, 2.24) is 10.2 Å². The normalized spacial score (nSPS) is 10.5. The van der Waals surface area contributed by atoms with Gasteiger partial charge in [-0.2, -0.15) is 0 Å². The molecule has 0 bridgehead atoms. The van der Waals surface area contributed by atoms with E-state index in [1.807, 2.05) is 0 Å². The van der Waals surface area contributed by atoms with Gasteiger partial charge in [0.1, 0.15) is 10.0 Å². The van der Waals surface area contributed by atoms with Crippen LogP contribution in [0, 0.1) is 10.1 Å². The molecular formula is C9H5BrClN3O2S. The van der Waals surface area contributed by atoms with Crippen molar-refractivity contribution in [2.75, 3.05) is 0 Å². The van der Waals surface area contributed by atoms with Crippen LogP contribution in [0.5, 0.6) is 0 Å². The number of nitro benzene ring substituents is 1. The van der Waals surface area contributed by atoms with Crippen LogP contribution in [0.1, 0.15) is 5.01 Å². The smallest absolute Gasteiger partial charge is 0.258 e. The molecule has 0 saturated heterocycles. The van der Waals surface area contributed by atoms with Crippen molar-refractivity contribution in [2.45, 2.75) is 5.88 Å². The zero-order valence-corrected chi connectivity index (χ0v) is 11.4. The molecule has 0 amide bonds. The quantitative estimate of drug-likeness (QED) is 0.488. The summed E-state index contributed by atoms with van der Waals surface area (Å²) in [7, 11) is 0. The van der Waals surface area contributed by atoms with E-state index in [-0.39, 0.29) is 11.6 Å². The molecule has 1 aromatic heterocycles. The standard InChI is InChI=1S/C9H5BrClN3O2S/c10-6-1-5(2-7(3-6)14(15)16)9-13-12-8(4-11)17-9/h1-3H,4H2. The van der Waals surface area contributed by atoms with Gasteiger partial charge in [-0.05, 0) is 6.07 Å². The molecule has 0 aliphatic heterocycles. The lowest BCUT2D eigenvalue weighted by atomic mass is 10.2. The van der Waals surface area contributed by atoms with Gasteiger partial charge < -0.3 is 0 Å². The molecule has 1 heterocycles. The summed E-state index contributed by atoms with van der Waals surface area (Å²) in [5.41, 5.74) is 0.664. The average molecular weight is 335 g/mol. The topological polar surface area (TPSA) is 68.9 Å². The van der Waals surface area contributed by atoms with E-state index in [9.17, 15) is 10.1 Å². The van der Waals surface area contributed by atoms with Crippen LogP contribution in [-0.4, -0.2) is 15.1 Å². The lowest BCUT2D eigenvalue weighted by molar-refractivity contribution is -0.384. The lowest BCUT2D eigenvalue weighted by Crippen LogP contribution is -1.88. The van der Waals surface area contributed by atoms with Gasteiger partial charge in [-0.1, -0.05) is 27.3 Å². The third kappa shape index (κ3) is 2.80. The minimum Gasteiger partial charge on any atom is -0.258 e. The molecule has 8 heteroatoms. The van der Waals surface area contributed by atoms with Gasteiger partial charge in [0.25, 0.3) is 5.69 Å². The second-order valence-corrected chi connectivity index (χ2v) is 5.33. The van der Waals surface area contributed by atoms with Crippen LogP contribution in [0.3, 0.4) is 0 Å². The molecule has 0 N–H and O–H groups in total. The minimum absolute atomic E-state index is 0.0111. The van der Waals surface area contributed by atoms with E-state index < -0.39 is 4.92 Å². The molecule has 0 aliphatic carbocycles. The number of benzene rings is 1. The Labute approximate surface area is 114 Å². The molecule has 0 fully saturated rings. The molecule has 0 spiro atoms. The minimum atomic E-state index is -0.447. The highest BCUT2D eigenvalue weighted by atomic mass is 79.9. The summed E-state index contributed by atoms with van der Waals surface area (Å²) < 4.78 is 0.629. The SMILES string of the molecule is O=[N+]([O-])c1cc(Br)cc(-c2nnc(CCl)s2)c1. The summed E-state index contributed by atoms with van der Waals surface area (Å²) in [5.74, 6) is 0.285. The van der Waals surface area contributed by atoms with Crippen LogP contribution in [0.4, 0.5) is 5.69 Å². The number of halogens is 2. The molecular weight excluding hydrogens is 330 g/mol. The highest BCUT2D eigenvalue weighted by molar-refractivity contribution is 9.10. The highest BCUT2D eigenvalue weighted by Crippen LogP contribution is 2.30. The van der Waals surface area contributed by atoms with Crippen LogP contribution in [0.25, 0.3) is 10.6 Å². The number of hydrogen-bond donors (Lipinski definition) is 0. The van der Waals surface area contributed by atoms with Gasteiger partial charge in [0.15, 0.2) is 0 Å². The van der Waals surface area contributed by atoms with Crippen LogP contribution >= 0.6 is 38.9 Å². The predicted molar refractivity (Wildman–Crippen MR) is 69.3 cm³/mol. The Morgan fingerprint density at radius 3 is 2.76 bits per heavy atom. The molecule has 0 aliphatic rings. The van der Waals surface area contributed by atoms with E-state index in [1.165, 1.54) is 23.5 Å². The Morgan fingerprint density at radius 1 is 1.41 bits per heavy atom. The molecule has 88 valence electrons. The van der Waals surface area contributed by atoms with Gasteiger partial charge in [0.05, 0.1) is 10.8 Å². The molecule has 1 aromatic carbocycles. The van der Waals surface area contributed by atoms with E-state index in [0.717, 1.165) is 0 Å². The molecule has 0 radical (unpaired) electrons. The molecule has 0 atom stereocenters. The maximum absolute atomic E-state index is 10.7. The number of nitrogens with zero attached hydrogens (tertiary/aromatic N) is 3. The Hall–Kier alpha value is -1.05. The largest absolute Gasteiger partial charge is 0.271 e. The van der Waals surface area contributed by atoms with Crippen molar-refractivity contribution in [1.29, 1.82) is 0 Å². The monoisotopic (exact) mass is 333 g/mol. The zero-order valence-electron chi connectivity index (χ0n) is 8.26. The van der Waals surface area contributed by atoms with E-state index in [0.29, 0.717) is 20.1 Å². The van der Waals surface area contributed by atoms with Crippen LogP contribution in [0.15, 0.2) is 22.7 Å². The second kappa shape index (κ2) is 5.07. The summed E-state index contributed by atoms with van der Waals surface area (Å²) in [6, 6.07) is 4.65. The summed E-state index contributed by atoms with van der Waals surface area (Å²) in [6.45, 7) is 0. The second-order valence-electron chi connectivity index (χ2n) is 3.09. The van der Waals surface area contributed by atoms with Crippen molar-refractivity contribution < 1.29 is 4.92 Å². The van der Waals surface area contributed by atoms with Crippen LogP contribution in [0.2, 0.25) is 0 Å². The van der Waals surface area contributed by atoms with Crippen molar-refractivity contribution in [3.63, 3.8) is 0 Å². The van der Waals surface area contributed by atoms with Crippen molar-refractivity contribution >= 4 is 44.6 Å². The van der Waals surface area contributed by atoms with Gasteiger partial charge in [-0.15, -0.1) is 21.8 Å². The van der Waals surface area contributed by atoms with E-state index in [2.05, 4.69) is 26.1 Å². The summed E-state index contributed by atoms with van der Waals surface area (Å²) in [6.07, 6.45) is 0. The third-order valence-electron chi connectivity index (χ3n) is 1.92. The third-order valence-corrected chi connectivity index (χ3v) is 3.76. The molecule has 0 unspecified atom stereocenters. The summed E-state index contributed by atoms with van der Waals surface area (Å²) in [5, 5.41) is 19.8. The van der Waals surface area contributed by atoms with E-state index in [1.54, 1.807) is 6.07 Å². The van der Waals surface area contributed by atoms with E-state index >= 15 is 0 Å². The van der Waals surface area contributed by atoms with E-state index in [4.69, 9.17) is 11.6 Å². The predicted octanol–water partition coefficient (Wildman–Crippen LogP) is 3.61. The van der Waals surface area contributed by atoms with Gasteiger partial charge in [0.2, 0.25) is 0 Å². The van der Waals surface area contributed by atoms with Gasteiger partial charge in [-0.3, -0.25) is 10.1 Å². The number of hydrogen-bond acceptors (Lipinski definition) is 5. The fourth-order valence-corrected chi connectivity index (χ4v) is 2.60. The van der Waals surface area contributed by atoms with Crippen molar-refractivity contribution in [3.05, 3.63) is 37.8 Å². The Bertz CT molecular complexity index is 575. The van der Waals surface area contributed by atoms with Crippen molar-refractivity contribution in [2.24, 2.45) is 0 Å². The maximum atomic E-state index is 10.7. The Morgan fingerprint density at radius 2 is 2.18 bits per heavy atom. The first kappa shape index (κ1) is 12.4. The Balaban J connectivity index is 2.47. The van der Waals surface area contributed by atoms with Gasteiger partial charge in [0, 0.05) is 22.2 Å². The van der Waals surface area contributed by atoms with Crippen molar-refractivity contribution in [3.8, 4) is 10.6 Å². The lowest BCUT2D eigenvalue weighted by Gasteiger charge is -1.97. The fraction of sp³-hybridized carbons (Fsp3) is 0.111. The first-order valence-corrected chi connectivity index (χ1v) is 6.58. The Kier molecular flexibility index (Phi) is 3.70. The zero-order chi connectivity index (χ0) is 12.4. The van der Waals surface area contributed by atoms with Gasteiger partial charge >= 0.3 is 0 Å². The van der Waals surface area contributed by atoms with Crippen LogP contribution < -0.4 is 0 Å². The highest BCUT2D eigenvalue weighted by Gasteiger charge is 2.13. The molecule has 2 aromatic rings. The number of alkyl halides is 1.